The van der Waals surface area contributed by atoms with Crippen molar-refractivity contribution in [3.05, 3.63) is 259 Å². The van der Waals surface area contributed by atoms with Crippen LogP contribution in [0.5, 0.6) is 0 Å². The van der Waals surface area contributed by atoms with Crippen LogP contribution in [0.25, 0.3) is 77.9 Å². The molecule has 0 spiro atoms. The van der Waals surface area contributed by atoms with Gasteiger partial charge in [0.2, 0.25) is 0 Å². The highest BCUT2D eigenvalue weighted by atomic mass is 15.1. The smallest absolute Gasteiger partial charge is 0.0462 e. The predicted octanol–water partition coefficient (Wildman–Crippen LogP) is 18.1. The van der Waals surface area contributed by atoms with E-state index in [1.165, 1.54) is 100 Å². The summed E-state index contributed by atoms with van der Waals surface area (Å²) >= 11 is 0. The predicted molar refractivity (Wildman–Crippen MR) is 283 cm³/mol. The molecular weight excluding hydrogens is 807 g/mol. The van der Waals surface area contributed by atoms with Crippen LogP contribution in [-0.4, -0.2) is 0 Å². The van der Waals surface area contributed by atoms with Gasteiger partial charge >= 0.3 is 0 Å². The molecule has 12 rings (SSSR count). The van der Waals surface area contributed by atoms with Crippen LogP contribution in [0.1, 0.15) is 49.9 Å². The highest BCUT2D eigenvalue weighted by molar-refractivity contribution is 5.87. The molecule has 0 saturated heterocycles. The molecule has 67 heavy (non-hydrogen) atoms. The van der Waals surface area contributed by atoms with Crippen molar-refractivity contribution in [3.63, 3.8) is 0 Å². The van der Waals surface area contributed by atoms with Crippen molar-refractivity contribution < 1.29 is 0 Å². The second-order valence-corrected chi connectivity index (χ2v) is 19.4. The Kier molecular flexibility index (Phi) is 9.59. The van der Waals surface area contributed by atoms with Crippen LogP contribution in [0.3, 0.4) is 0 Å². The summed E-state index contributed by atoms with van der Waals surface area (Å²) in [5.41, 5.74) is 26.5. The van der Waals surface area contributed by atoms with Gasteiger partial charge in [0.05, 0.1) is 0 Å². The molecule has 0 unspecified atom stereocenters. The summed E-state index contributed by atoms with van der Waals surface area (Å²) in [5, 5.41) is 0. The second-order valence-electron chi connectivity index (χ2n) is 19.4. The summed E-state index contributed by atoms with van der Waals surface area (Å²) in [5.74, 6) is 0. The van der Waals surface area contributed by atoms with Crippen molar-refractivity contribution in [2.45, 2.75) is 38.5 Å². The summed E-state index contributed by atoms with van der Waals surface area (Å²) < 4.78 is 0. The van der Waals surface area contributed by atoms with Gasteiger partial charge in [-0.1, -0.05) is 216 Å². The van der Waals surface area contributed by atoms with E-state index in [0.29, 0.717) is 0 Å². The number of fused-ring (bicyclic) bond motifs is 6. The van der Waals surface area contributed by atoms with Gasteiger partial charge < -0.3 is 4.90 Å². The fourth-order valence-corrected chi connectivity index (χ4v) is 11.0. The topological polar surface area (TPSA) is 3.24 Å². The lowest BCUT2D eigenvalue weighted by molar-refractivity contribution is 0.660. The van der Waals surface area contributed by atoms with E-state index in [1.54, 1.807) is 0 Å². The third-order valence-electron chi connectivity index (χ3n) is 14.8. The number of benzene rings is 10. The molecule has 1 nitrogen and oxygen atoms in total. The summed E-state index contributed by atoms with van der Waals surface area (Å²) in [4.78, 5) is 2.36. The number of hydrogen-bond acceptors (Lipinski definition) is 1. The van der Waals surface area contributed by atoms with Crippen molar-refractivity contribution in [3.8, 4) is 77.9 Å². The number of nitrogens with zero attached hydrogens (tertiary/aromatic N) is 1. The van der Waals surface area contributed by atoms with Gasteiger partial charge in [-0.15, -0.1) is 0 Å². The third kappa shape index (κ3) is 6.93. The quantitative estimate of drug-likeness (QED) is 0.147. The molecule has 0 amide bonds. The molecule has 10 aromatic rings. The van der Waals surface area contributed by atoms with Gasteiger partial charge in [-0.2, -0.15) is 0 Å². The minimum absolute atomic E-state index is 0.00899. The lowest BCUT2D eigenvalue weighted by Crippen LogP contribution is -2.14. The van der Waals surface area contributed by atoms with E-state index in [9.17, 15) is 0 Å². The first-order chi connectivity index (χ1) is 32.7. The van der Waals surface area contributed by atoms with Crippen LogP contribution >= 0.6 is 0 Å². The van der Waals surface area contributed by atoms with E-state index in [1.807, 2.05) is 0 Å². The van der Waals surface area contributed by atoms with Gasteiger partial charge in [-0.05, 0) is 149 Å². The van der Waals surface area contributed by atoms with Crippen LogP contribution in [0.2, 0.25) is 0 Å². The van der Waals surface area contributed by atoms with Crippen LogP contribution in [-0.2, 0) is 10.8 Å². The minimum Gasteiger partial charge on any atom is -0.311 e. The fraction of sp³-hybridized carbons (Fsp3) is 0.0909. The van der Waals surface area contributed by atoms with Crippen LogP contribution in [0.4, 0.5) is 17.1 Å². The maximum Gasteiger partial charge on any atom is 0.0462 e. The van der Waals surface area contributed by atoms with Gasteiger partial charge in [0.1, 0.15) is 0 Å². The first-order valence-corrected chi connectivity index (χ1v) is 23.6. The Bertz CT molecular complexity index is 3250. The van der Waals surface area contributed by atoms with Crippen molar-refractivity contribution in [2.24, 2.45) is 0 Å². The molecule has 0 fully saturated rings. The van der Waals surface area contributed by atoms with E-state index in [2.05, 4.69) is 269 Å². The Hall–Kier alpha value is -8.00. The average molecular weight is 858 g/mol. The zero-order valence-electron chi connectivity index (χ0n) is 38.5. The zero-order valence-corrected chi connectivity index (χ0v) is 38.5. The number of rotatable bonds is 8. The summed E-state index contributed by atoms with van der Waals surface area (Å²) in [7, 11) is 0. The van der Waals surface area contributed by atoms with Gasteiger partial charge in [0, 0.05) is 27.9 Å². The molecule has 0 aromatic heterocycles. The van der Waals surface area contributed by atoms with Crippen molar-refractivity contribution in [1.82, 2.24) is 0 Å². The summed E-state index contributed by atoms with van der Waals surface area (Å²) in [6.45, 7) is 9.35. The summed E-state index contributed by atoms with van der Waals surface area (Å²) in [6.07, 6.45) is 0. The molecule has 1 heteroatoms. The average Bonchev–Trinajstić information content (AvgIpc) is 3.76. The second kappa shape index (κ2) is 15.9. The van der Waals surface area contributed by atoms with E-state index in [0.717, 1.165) is 17.1 Å². The third-order valence-corrected chi connectivity index (χ3v) is 14.8. The lowest BCUT2D eigenvalue weighted by Gasteiger charge is -2.26. The SMILES string of the molecule is CC1(C)c2ccccc2-c2cc(-c3ccc(-c4ccc(N(c5ccc(-c6ccccc6)cc5)c5ccc(-c6ccc(-c7ccc8c(c7)-c7ccccc7C8(C)C)cc6)cc5)cc4)cc3)ccc21. The Labute approximate surface area is 395 Å². The molecule has 10 aromatic carbocycles. The lowest BCUT2D eigenvalue weighted by atomic mass is 9.82. The van der Waals surface area contributed by atoms with Crippen LogP contribution in [0, 0.1) is 0 Å². The number of hydrogen-bond donors (Lipinski definition) is 0. The maximum atomic E-state index is 2.38. The van der Waals surface area contributed by atoms with E-state index < -0.39 is 0 Å². The van der Waals surface area contributed by atoms with Gasteiger partial charge in [-0.25, -0.2) is 0 Å². The molecule has 0 bridgehead atoms. The van der Waals surface area contributed by atoms with E-state index >= 15 is 0 Å². The molecule has 0 aliphatic heterocycles. The maximum absolute atomic E-state index is 2.38. The van der Waals surface area contributed by atoms with E-state index in [4.69, 9.17) is 0 Å². The summed E-state index contributed by atoms with van der Waals surface area (Å²) in [6, 6.07) is 87.3. The molecule has 0 radical (unpaired) electrons. The highest BCUT2D eigenvalue weighted by Gasteiger charge is 2.36. The monoisotopic (exact) mass is 857 g/mol. The van der Waals surface area contributed by atoms with Crippen LogP contribution < -0.4 is 4.90 Å². The van der Waals surface area contributed by atoms with E-state index in [-0.39, 0.29) is 10.8 Å². The molecule has 0 atom stereocenters. The van der Waals surface area contributed by atoms with Crippen molar-refractivity contribution in [2.75, 3.05) is 4.90 Å². The Balaban J connectivity index is 0.821. The zero-order chi connectivity index (χ0) is 45.3. The van der Waals surface area contributed by atoms with Crippen molar-refractivity contribution >= 4 is 17.1 Å². The van der Waals surface area contributed by atoms with Gasteiger partial charge in [0.25, 0.3) is 0 Å². The van der Waals surface area contributed by atoms with Crippen LogP contribution in [0.15, 0.2) is 237 Å². The molecule has 0 heterocycles. The molecule has 320 valence electrons. The Morgan fingerprint density at radius 2 is 0.478 bits per heavy atom. The molecule has 0 saturated carbocycles. The minimum atomic E-state index is 0.00899. The molecule has 2 aliphatic rings. The number of anilines is 3. The molecule has 0 N–H and O–H groups in total. The normalized spacial score (nSPS) is 13.6. The molecular formula is C66H51N. The standard InChI is InChI=1S/C66H51N/c1-65(2)61-16-10-8-14-57(61)59-42-52(32-40-63(59)65)50-22-18-45(19-23-50)48-28-36-55(37-29-48)67(54-34-26-47(27-35-54)44-12-6-5-7-13-44)56-38-30-49(31-39-56)46-20-24-51(25-21-46)53-33-41-64-60(43-53)58-15-9-11-17-62(58)66(64,3)4/h5-43H,1-4H3. The van der Waals surface area contributed by atoms with Gasteiger partial charge in [-0.3, -0.25) is 0 Å². The highest BCUT2D eigenvalue weighted by Crippen LogP contribution is 2.51. The fourth-order valence-electron chi connectivity index (χ4n) is 11.0. The molecule has 2 aliphatic carbocycles. The first kappa shape index (κ1) is 40.5. The first-order valence-electron chi connectivity index (χ1n) is 23.6. The Morgan fingerprint density at radius 1 is 0.224 bits per heavy atom. The van der Waals surface area contributed by atoms with Gasteiger partial charge in [0.15, 0.2) is 0 Å². The van der Waals surface area contributed by atoms with Crippen molar-refractivity contribution in [1.29, 1.82) is 0 Å². The Morgan fingerprint density at radius 3 is 0.836 bits per heavy atom. The largest absolute Gasteiger partial charge is 0.311 e.